The van der Waals surface area contributed by atoms with Crippen LogP contribution in [0.4, 0.5) is 0 Å². The predicted octanol–water partition coefficient (Wildman–Crippen LogP) is 1.87. The molecule has 0 bridgehead atoms. The smallest absolute Gasteiger partial charge is 0.191 e. The van der Waals surface area contributed by atoms with Crippen LogP contribution >= 0.6 is 11.3 Å². The molecule has 1 aromatic heterocycles. The molecule has 1 heterocycles. The zero-order valence-corrected chi connectivity index (χ0v) is 17.2. The largest absolute Gasteiger partial charge is 0.385 e. The first-order chi connectivity index (χ1) is 12.1. The summed E-state index contributed by atoms with van der Waals surface area (Å²) in [6.45, 7) is 7.42. The van der Waals surface area contributed by atoms with Crippen molar-refractivity contribution in [3.63, 3.8) is 0 Å². The van der Waals surface area contributed by atoms with E-state index in [4.69, 9.17) is 9.73 Å². The van der Waals surface area contributed by atoms with E-state index in [1.54, 1.807) is 18.4 Å². The number of nitrogens with one attached hydrogen (secondary N) is 2. The minimum Gasteiger partial charge on any atom is -0.385 e. The van der Waals surface area contributed by atoms with Crippen molar-refractivity contribution in [2.75, 3.05) is 67.6 Å². The lowest BCUT2D eigenvalue weighted by Gasteiger charge is -2.22. The zero-order valence-electron chi connectivity index (χ0n) is 16.4. The predicted molar refractivity (Wildman–Crippen MR) is 109 cm³/mol. The fourth-order valence-electron chi connectivity index (χ4n) is 2.46. The monoisotopic (exact) mass is 369 g/mol. The maximum atomic E-state index is 5.10. The molecule has 0 spiro atoms. The van der Waals surface area contributed by atoms with Gasteiger partial charge in [-0.3, -0.25) is 4.99 Å². The van der Waals surface area contributed by atoms with Gasteiger partial charge in [-0.15, -0.1) is 11.3 Å². The van der Waals surface area contributed by atoms with E-state index in [9.17, 15) is 0 Å². The van der Waals surface area contributed by atoms with E-state index in [1.807, 2.05) is 0 Å². The lowest BCUT2D eigenvalue weighted by molar-refractivity contribution is 0.180. The molecule has 0 aromatic carbocycles. The van der Waals surface area contributed by atoms with Gasteiger partial charge in [-0.2, -0.15) is 0 Å². The normalized spacial score (nSPS) is 13.5. The minimum absolute atomic E-state index is 0.312. The molecule has 0 aliphatic heterocycles. The molecule has 1 aromatic rings. The Morgan fingerprint density at radius 1 is 1.28 bits per heavy atom. The highest BCUT2D eigenvalue weighted by Crippen LogP contribution is 2.23. The Morgan fingerprint density at radius 3 is 2.68 bits per heavy atom. The maximum absolute atomic E-state index is 5.10. The Bertz CT molecular complexity index is 464. The third-order valence-electron chi connectivity index (χ3n) is 3.94. The molecule has 0 aliphatic carbocycles. The van der Waals surface area contributed by atoms with Gasteiger partial charge in [-0.1, -0.05) is 6.07 Å². The third-order valence-corrected chi connectivity index (χ3v) is 4.91. The number of thiophene rings is 1. The molecule has 144 valence electrons. The van der Waals surface area contributed by atoms with Crippen LogP contribution in [0.5, 0.6) is 0 Å². The van der Waals surface area contributed by atoms with Gasteiger partial charge in [0.2, 0.25) is 0 Å². The van der Waals surface area contributed by atoms with Gasteiger partial charge in [0, 0.05) is 44.8 Å². The van der Waals surface area contributed by atoms with E-state index < -0.39 is 0 Å². The molecule has 0 aliphatic rings. The molecular formula is C18H35N5OS. The molecule has 0 radical (unpaired) electrons. The lowest BCUT2D eigenvalue weighted by atomic mass is 10.2. The van der Waals surface area contributed by atoms with Gasteiger partial charge in [0.1, 0.15) is 0 Å². The number of methoxy groups -OCH3 is 1. The Hall–Kier alpha value is -1.15. The first-order valence-electron chi connectivity index (χ1n) is 8.98. The fourth-order valence-corrected chi connectivity index (χ4v) is 3.38. The average Bonchev–Trinajstić information content (AvgIpc) is 3.09. The summed E-state index contributed by atoms with van der Waals surface area (Å²) >= 11 is 1.79. The molecule has 1 unspecified atom stereocenters. The Labute approximate surface area is 157 Å². The van der Waals surface area contributed by atoms with E-state index in [0.29, 0.717) is 6.04 Å². The summed E-state index contributed by atoms with van der Waals surface area (Å²) < 4.78 is 5.10. The first kappa shape index (κ1) is 21.9. The van der Waals surface area contributed by atoms with Crippen molar-refractivity contribution in [3.8, 4) is 0 Å². The lowest BCUT2D eigenvalue weighted by Crippen LogP contribution is -2.41. The SMILES string of the molecule is CCNC(=NCC(c1cccs1)N(C)C)NCCN(C)CCCOC. The van der Waals surface area contributed by atoms with Gasteiger partial charge >= 0.3 is 0 Å². The van der Waals surface area contributed by atoms with Crippen molar-refractivity contribution >= 4 is 17.3 Å². The molecule has 6 nitrogen and oxygen atoms in total. The number of aliphatic imine (C=N–C) groups is 1. The second-order valence-electron chi connectivity index (χ2n) is 6.29. The summed E-state index contributed by atoms with van der Waals surface area (Å²) in [5.41, 5.74) is 0. The molecule has 0 saturated heterocycles. The minimum atomic E-state index is 0.312. The van der Waals surface area contributed by atoms with Crippen LogP contribution in [0.2, 0.25) is 0 Å². The Kier molecular flexibility index (Phi) is 11.5. The number of hydrogen-bond donors (Lipinski definition) is 2. The van der Waals surface area contributed by atoms with E-state index in [0.717, 1.165) is 51.7 Å². The van der Waals surface area contributed by atoms with Crippen LogP contribution in [0.3, 0.4) is 0 Å². The molecule has 25 heavy (non-hydrogen) atoms. The summed E-state index contributed by atoms with van der Waals surface area (Å²) in [6, 6.07) is 4.59. The van der Waals surface area contributed by atoms with Crippen LogP contribution < -0.4 is 10.6 Å². The fraction of sp³-hybridized carbons (Fsp3) is 0.722. The van der Waals surface area contributed by atoms with Crippen LogP contribution in [0, 0.1) is 0 Å². The number of ether oxygens (including phenoxy) is 1. The average molecular weight is 370 g/mol. The van der Waals surface area contributed by atoms with Crippen LogP contribution in [0.15, 0.2) is 22.5 Å². The van der Waals surface area contributed by atoms with Gasteiger partial charge in [-0.25, -0.2) is 0 Å². The highest BCUT2D eigenvalue weighted by atomic mass is 32.1. The molecular weight excluding hydrogens is 334 g/mol. The van der Waals surface area contributed by atoms with E-state index >= 15 is 0 Å². The Balaban J connectivity index is 2.47. The summed E-state index contributed by atoms with van der Waals surface area (Å²) in [7, 11) is 8.10. The first-order valence-corrected chi connectivity index (χ1v) is 9.86. The summed E-state index contributed by atoms with van der Waals surface area (Å²) in [6.07, 6.45) is 1.06. The third kappa shape index (κ3) is 9.21. The highest BCUT2D eigenvalue weighted by Gasteiger charge is 2.14. The number of likely N-dealkylation sites (N-methyl/N-ethyl adjacent to an activating group) is 2. The second kappa shape index (κ2) is 13.1. The van der Waals surface area contributed by atoms with Crippen molar-refractivity contribution in [2.24, 2.45) is 4.99 Å². The summed E-state index contributed by atoms with van der Waals surface area (Å²) in [5, 5.41) is 8.89. The highest BCUT2D eigenvalue weighted by molar-refractivity contribution is 7.10. The number of nitrogens with zero attached hydrogens (tertiary/aromatic N) is 3. The number of rotatable bonds is 12. The maximum Gasteiger partial charge on any atom is 0.191 e. The van der Waals surface area contributed by atoms with Crippen molar-refractivity contribution in [1.29, 1.82) is 0 Å². The zero-order chi connectivity index (χ0) is 18.5. The topological polar surface area (TPSA) is 52.1 Å². The molecule has 0 saturated carbocycles. The van der Waals surface area contributed by atoms with E-state index in [1.165, 1.54) is 4.88 Å². The van der Waals surface area contributed by atoms with Crippen molar-refractivity contribution in [3.05, 3.63) is 22.4 Å². The molecule has 1 atom stereocenters. The van der Waals surface area contributed by atoms with Crippen LogP contribution in [0.1, 0.15) is 24.3 Å². The number of guanidine groups is 1. The van der Waals surface area contributed by atoms with Gasteiger partial charge in [-0.05, 0) is 45.9 Å². The second-order valence-corrected chi connectivity index (χ2v) is 7.27. The van der Waals surface area contributed by atoms with Gasteiger partial charge < -0.3 is 25.2 Å². The van der Waals surface area contributed by atoms with Crippen LogP contribution in [0.25, 0.3) is 0 Å². The van der Waals surface area contributed by atoms with E-state index in [-0.39, 0.29) is 0 Å². The van der Waals surface area contributed by atoms with Gasteiger partial charge in [0.25, 0.3) is 0 Å². The number of hydrogen-bond acceptors (Lipinski definition) is 5. The van der Waals surface area contributed by atoms with Crippen LogP contribution in [-0.4, -0.2) is 83.3 Å². The molecule has 7 heteroatoms. The standard InChI is InChI=1S/C18H35N5OS/c1-6-19-18(20-10-12-23(4)11-8-13-24-5)21-15-16(22(2)3)17-9-7-14-25-17/h7,9,14,16H,6,8,10-13,15H2,1-5H3,(H2,19,20,21). The summed E-state index contributed by atoms with van der Waals surface area (Å²) in [4.78, 5) is 10.7. The van der Waals surface area contributed by atoms with E-state index in [2.05, 4.69) is 66.0 Å². The Morgan fingerprint density at radius 2 is 2.08 bits per heavy atom. The van der Waals surface area contributed by atoms with Crippen molar-refractivity contribution < 1.29 is 4.74 Å². The molecule has 0 fully saturated rings. The quantitative estimate of drug-likeness (QED) is 0.335. The van der Waals surface area contributed by atoms with Gasteiger partial charge in [0.15, 0.2) is 5.96 Å². The van der Waals surface area contributed by atoms with Crippen LogP contribution in [-0.2, 0) is 4.74 Å². The van der Waals surface area contributed by atoms with Gasteiger partial charge in [0.05, 0.1) is 12.6 Å². The molecule has 0 amide bonds. The van der Waals surface area contributed by atoms with Crippen molar-refractivity contribution in [2.45, 2.75) is 19.4 Å². The molecule has 2 N–H and O–H groups in total. The van der Waals surface area contributed by atoms with Crippen molar-refractivity contribution in [1.82, 2.24) is 20.4 Å². The molecule has 1 rings (SSSR count). The summed E-state index contributed by atoms with van der Waals surface area (Å²) in [5.74, 6) is 0.885.